The van der Waals surface area contributed by atoms with Crippen molar-refractivity contribution in [2.24, 2.45) is 0 Å². The zero-order valence-electron chi connectivity index (χ0n) is 13.1. The number of nitrogens with two attached hydrogens (primary N) is 1. The molecule has 0 unspecified atom stereocenters. The van der Waals surface area contributed by atoms with Crippen molar-refractivity contribution in [1.82, 2.24) is 9.78 Å². The number of aromatic nitrogens is 2. The number of allylic oxidation sites excluding steroid dienone is 1. The van der Waals surface area contributed by atoms with E-state index in [4.69, 9.17) is 15.9 Å². The topological polar surface area (TPSA) is 76.9 Å². The Morgan fingerprint density at radius 1 is 1.50 bits per heavy atom. The third-order valence-corrected chi connectivity index (χ3v) is 2.94. The maximum atomic E-state index is 13.6. The van der Waals surface area contributed by atoms with E-state index in [9.17, 15) is 4.39 Å². The summed E-state index contributed by atoms with van der Waals surface area (Å²) >= 11 is 0. The summed E-state index contributed by atoms with van der Waals surface area (Å²) in [6.07, 6.45) is 1.75. The first-order valence-corrected chi connectivity index (χ1v) is 6.72. The largest absolute Gasteiger partial charge is 0.480 e. The second-order valence-electron chi connectivity index (χ2n) is 4.55. The number of halogens is 1. The Morgan fingerprint density at radius 3 is 2.64 bits per heavy atom. The summed E-state index contributed by atoms with van der Waals surface area (Å²) in [7, 11) is 1.40. The van der Waals surface area contributed by atoms with Gasteiger partial charge in [-0.1, -0.05) is 24.3 Å². The Balaban J connectivity index is 0.000000745. The highest BCUT2D eigenvalue weighted by Crippen LogP contribution is 2.18. The van der Waals surface area contributed by atoms with E-state index in [0.717, 1.165) is 0 Å². The van der Waals surface area contributed by atoms with Crippen LogP contribution in [0.3, 0.4) is 0 Å². The lowest BCUT2D eigenvalue weighted by molar-refractivity contribution is 0.398. The molecule has 0 amide bonds. The minimum Gasteiger partial charge on any atom is -0.480 e. The second kappa shape index (κ2) is 7.97. The van der Waals surface area contributed by atoms with Crippen molar-refractivity contribution < 1.29 is 9.13 Å². The summed E-state index contributed by atoms with van der Waals surface area (Å²) < 4.78 is 19.9. The zero-order chi connectivity index (χ0) is 16.7. The van der Waals surface area contributed by atoms with Gasteiger partial charge in [-0.15, -0.1) is 6.58 Å². The lowest BCUT2D eigenvalue weighted by Crippen LogP contribution is -2.09. The number of methoxy groups -OCH3 is 1. The van der Waals surface area contributed by atoms with Gasteiger partial charge in [0.1, 0.15) is 11.6 Å². The van der Waals surface area contributed by atoms with E-state index >= 15 is 0 Å². The van der Waals surface area contributed by atoms with Gasteiger partial charge < -0.3 is 10.5 Å². The first kappa shape index (κ1) is 17.4. The molecule has 0 saturated carbocycles. The normalized spacial score (nSPS) is 9.64. The lowest BCUT2D eigenvalue weighted by atomic mass is 10.2. The van der Waals surface area contributed by atoms with Crippen molar-refractivity contribution in [1.29, 1.82) is 5.41 Å². The molecule has 5 nitrogen and oxygen atoms in total. The monoisotopic (exact) mass is 304 g/mol. The number of benzene rings is 1. The van der Waals surface area contributed by atoms with E-state index in [2.05, 4.69) is 11.7 Å². The van der Waals surface area contributed by atoms with E-state index in [1.807, 2.05) is 6.92 Å². The van der Waals surface area contributed by atoms with Crippen LogP contribution in [0.5, 0.6) is 0 Å². The van der Waals surface area contributed by atoms with E-state index in [1.54, 1.807) is 31.2 Å². The minimum atomic E-state index is -0.307. The van der Waals surface area contributed by atoms with Crippen molar-refractivity contribution in [3.63, 3.8) is 0 Å². The van der Waals surface area contributed by atoms with E-state index in [1.165, 1.54) is 17.9 Å². The molecule has 3 N–H and O–H groups in total. The predicted molar refractivity (Wildman–Crippen MR) is 86.6 cm³/mol. The highest BCUT2D eigenvalue weighted by Gasteiger charge is 2.16. The Labute approximate surface area is 129 Å². The molecule has 1 aromatic heterocycles. The van der Waals surface area contributed by atoms with Crippen molar-refractivity contribution in [3.05, 3.63) is 59.6 Å². The maximum Gasteiger partial charge on any atom is 0.234 e. The van der Waals surface area contributed by atoms with Gasteiger partial charge in [-0.2, -0.15) is 5.10 Å². The summed E-state index contributed by atoms with van der Waals surface area (Å²) in [5, 5.41) is 11.8. The molecule has 0 bridgehead atoms. The molecule has 0 radical (unpaired) electrons. The van der Waals surface area contributed by atoms with Crippen molar-refractivity contribution in [2.45, 2.75) is 20.4 Å². The van der Waals surface area contributed by atoms with Crippen molar-refractivity contribution in [3.8, 4) is 0 Å². The van der Waals surface area contributed by atoms with E-state index in [-0.39, 0.29) is 18.3 Å². The summed E-state index contributed by atoms with van der Waals surface area (Å²) in [5.41, 5.74) is 7.44. The Hall–Kier alpha value is -2.63. The quantitative estimate of drug-likeness (QED) is 0.519. The fraction of sp³-hybridized carbons (Fsp3) is 0.250. The van der Waals surface area contributed by atoms with Crippen LogP contribution >= 0.6 is 0 Å². The molecule has 22 heavy (non-hydrogen) atoms. The van der Waals surface area contributed by atoms with Gasteiger partial charge in [-0.3, -0.25) is 5.41 Å². The number of anilines is 1. The lowest BCUT2D eigenvalue weighted by Gasteiger charge is -2.05. The van der Waals surface area contributed by atoms with Crippen LogP contribution in [-0.2, 0) is 11.3 Å². The average Bonchev–Trinajstić information content (AvgIpc) is 2.78. The molecule has 1 heterocycles. The van der Waals surface area contributed by atoms with E-state index < -0.39 is 0 Å². The SMILES string of the molecule is C=CC.COC(=N)c1nn(Cc2ccccc2F)c(N)c1C. The molecular weight excluding hydrogens is 283 g/mol. The van der Waals surface area contributed by atoms with Gasteiger partial charge in [-0.25, -0.2) is 9.07 Å². The van der Waals surface area contributed by atoms with Crippen molar-refractivity contribution in [2.75, 3.05) is 12.8 Å². The highest BCUT2D eigenvalue weighted by atomic mass is 19.1. The molecule has 1 aromatic carbocycles. The third kappa shape index (κ3) is 3.94. The second-order valence-corrected chi connectivity index (χ2v) is 4.55. The summed E-state index contributed by atoms with van der Waals surface area (Å²) in [6, 6.07) is 6.44. The molecule has 0 fully saturated rings. The van der Waals surface area contributed by atoms with Gasteiger partial charge >= 0.3 is 0 Å². The van der Waals surface area contributed by atoms with Gasteiger partial charge in [0.2, 0.25) is 5.90 Å². The number of nitrogens with one attached hydrogen (secondary N) is 1. The number of hydrogen-bond donors (Lipinski definition) is 2. The molecular formula is C16H21FN4O. The Kier molecular flexibility index (Phi) is 6.31. The number of nitrogens with zero attached hydrogens (tertiary/aromatic N) is 2. The van der Waals surface area contributed by atoms with Crippen LogP contribution in [0.4, 0.5) is 10.2 Å². The smallest absolute Gasteiger partial charge is 0.234 e. The molecule has 118 valence electrons. The van der Waals surface area contributed by atoms with Crippen LogP contribution in [-0.4, -0.2) is 22.8 Å². The van der Waals surface area contributed by atoms with Gasteiger partial charge in [0.25, 0.3) is 0 Å². The van der Waals surface area contributed by atoms with Crippen molar-refractivity contribution >= 4 is 11.7 Å². The van der Waals surface area contributed by atoms with Gasteiger partial charge in [0.05, 0.1) is 13.7 Å². The fourth-order valence-electron chi connectivity index (χ4n) is 1.79. The van der Waals surface area contributed by atoms with Crippen LogP contribution in [0.15, 0.2) is 36.9 Å². The standard InChI is InChI=1S/C13H15FN4O.C3H6/c1-8-11(13(16)19-2)17-18(12(8)15)7-9-5-3-4-6-10(9)14;1-3-2/h3-6,16H,7,15H2,1-2H3;3H,1H2,2H3. The van der Waals surface area contributed by atoms with Gasteiger partial charge in [-0.05, 0) is 19.9 Å². The molecule has 0 aliphatic rings. The molecule has 0 aliphatic carbocycles. The number of nitrogen functional groups attached to an aromatic ring is 1. The average molecular weight is 304 g/mol. The molecule has 2 aromatic rings. The highest BCUT2D eigenvalue weighted by molar-refractivity contribution is 5.92. The van der Waals surface area contributed by atoms with Gasteiger partial charge in [0.15, 0.2) is 5.69 Å². The Morgan fingerprint density at radius 2 is 2.09 bits per heavy atom. The van der Waals surface area contributed by atoms with Crippen LogP contribution in [0.1, 0.15) is 23.7 Å². The van der Waals surface area contributed by atoms with Crippen LogP contribution in [0.2, 0.25) is 0 Å². The number of rotatable bonds is 3. The predicted octanol–water partition coefficient (Wildman–Crippen LogP) is 3.13. The molecule has 6 heteroatoms. The van der Waals surface area contributed by atoms with E-state index in [0.29, 0.717) is 22.6 Å². The van der Waals surface area contributed by atoms with Crippen LogP contribution in [0.25, 0.3) is 0 Å². The first-order valence-electron chi connectivity index (χ1n) is 6.72. The molecule has 2 rings (SSSR count). The van der Waals surface area contributed by atoms with Crippen LogP contribution < -0.4 is 5.73 Å². The third-order valence-electron chi connectivity index (χ3n) is 2.94. The van der Waals surface area contributed by atoms with Gasteiger partial charge in [0, 0.05) is 11.1 Å². The molecule has 0 spiro atoms. The molecule has 0 aliphatic heterocycles. The summed E-state index contributed by atoms with van der Waals surface area (Å²) in [5.74, 6) is 0.0370. The Bertz CT molecular complexity index is 664. The molecule has 0 atom stereocenters. The fourth-order valence-corrected chi connectivity index (χ4v) is 1.79. The summed E-state index contributed by atoms with van der Waals surface area (Å²) in [4.78, 5) is 0. The number of hydrogen-bond acceptors (Lipinski definition) is 4. The maximum absolute atomic E-state index is 13.6. The number of ether oxygens (including phenoxy) is 1. The van der Waals surface area contributed by atoms with Crippen LogP contribution in [0, 0.1) is 18.2 Å². The first-order chi connectivity index (χ1) is 10.5. The zero-order valence-corrected chi connectivity index (χ0v) is 13.1. The minimum absolute atomic E-state index is 0.0588. The molecule has 0 saturated heterocycles. The summed E-state index contributed by atoms with van der Waals surface area (Å²) in [6.45, 7) is 7.22.